The van der Waals surface area contributed by atoms with Crippen molar-refractivity contribution in [1.82, 2.24) is 10.6 Å². The summed E-state index contributed by atoms with van der Waals surface area (Å²) in [5.74, 6) is 0. The second kappa shape index (κ2) is 4.90. The van der Waals surface area contributed by atoms with Crippen molar-refractivity contribution in [3.8, 4) is 0 Å². The first-order valence-electron chi connectivity index (χ1n) is 6.02. The van der Waals surface area contributed by atoms with Crippen LogP contribution in [0, 0.1) is 0 Å². The monoisotopic (exact) mass is 258 g/mol. The molecule has 1 atom stereocenters. The predicted molar refractivity (Wildman–Crippen MR) is 64.2 cm³/mol. The summed E-state index contributed by atoms with van der Waals surface area (Å²) in [4.78, 5) is 0. The van der Waals surface area contributed by atoms with Crippen LogP contribution < -0.4 is 10.6 Å². The van der Waals surface area contributed by atoms with Gasteiger partial charge in [0.2, 0.25) is 0 Å². The van der Waals surface area contributed by atoms with E-state index in [9.17, 15) is 13.2 Å². The maximum absolute atomic E-state index is 12.8. The lowest BCUT2D eigenvalue weighted by molar-refractivity contribution is -0.138. The molecule has 1 fully saturated rings. The Kier molecular flexibility index (Phi) is 3.64. The molecule has 1 aliphatic rings. The smallest absolute Gasteiger partial charge is 0.315 e. The molecule has 0 radical (unpaired) electrons. The molecule has 1 saturated heterocycles. The van der Waals surface area contributed by atoms with Crippen molar-refractivity contribution in [1.29, 1.82) is 0 Å². The van der Waals surface area contributed by atoms with Crippen molar-refractivity contribution in [2.45, 2.75) is 31.6 Å². The molecule has 0 amide bonds. The first kappa shape index (κ1) is 13.4. The largest absolute Gasteiger partial charge is 0.416 e. The number of rotatable bonds is 3. The maximum Gasteiger partial charge on any atom is 0.416 e. The van der Waals surface area contributed by atoms with Gasteiger partial charge in [0, 0.05) is 18.6 Å². The van der Waals surface area contributed by atoms with E-state index < -0.39 is 11.7 Å². The molecule has 2 N–H and O–H groups in total. The number of halogens is 3. The Bertz CT molecular complexity index is 409. The maximum atomic E-state index is 12.8. The molecule has 1 aliphatic heterocycles. The van der Waals surface area contributed by atoms with E-state index in [1.165, 1.54) is 12.1 Å². The summed E-state index contributed by atoms with van der Waals surface area (Å²) in [5.41, 5.74) is -0.358. The summed E-state index contributed by atoms with van der Waals surface area (Å²) in [5, 5.41) is 6.43. The van der Waals surface area contributed by atoms with Crippen molar-refractivity contribution in [3.05, 3.63) is 35.4 Å². The second-order valence-electron chi connectivity index (χ2n) is 5.00. The van der Waals surface area contributed by atoms with E-state index in [0.717, 1.165) is 25.6 Å². The van der Waals surface area contributed by atoms with Crippen LogP contribution in [0.15, 0.2) is 24.3 Å². The van der Waals surface area contributed by atoms with Crippen LogP contribution in [0.2, 0.25) is 0 Å². The molecular formula is C13H17F3N2. The third kappa shape index (κ3) is 3.03. The van der Waals surface area contributed by atoms with Gasteiger partial charge in [0.1, 0.15) is 0 Å². The zero-order valence-electron chi connectivity index (χ0n) is 10.3. The average molecular weight is 258 g/mol. The second-order valence-corrected chi connectivity index (χ2v) is 5.00. The third-order valence-electron chi connectivity index (χ3n) is 3.40. The lowest BCUT2D eigenvalue weighted by Gasteiger charge is -2.25. The topological polar surface area (TPSA) is 24.1 Å². The summed E-state index contributed by atoms with van der Waals surface area (Å²) in [6.45, 7) is 3.97. The Morgan fingerprint density at radius 2 is 2.06 bits per heavy atom. The van der Waals surface area contributed by atoms with Crippen LogP contribution in [0.1, 0.15) is 24.5 Å². The molecule has 1 heterocycles. The molecule has 2 rings (SSSR count). The fraction of sp³-hybridized carbons (Fsp3) is 0.538. The van der Waals surface area contributed by atoms with Crippen LogP contribution in [0.25, 0.3) is 0 Å². The minimum absolute atomic E-state index is 0.112. The molecule has 1 aromatic carbocycles. The van der Waals surface area contributed by atoms with E-state index in [1.54, 1.807) is 6.07 Å². The first-order valence-corrected chi connectivity index (χ1v) is 6.02. The minimum Gasteiger partial charge on any atom is -0.315 e. The van der Waals surface area contributed by atoms with E-state index in [-0.39, 0.29) is 12.1 Å². The van der Waals surface area contributed by atoms with Gasteiger partial charge in [-0.2, -0.15) is 13.2 Å². The molecule has 2 nitrogen and oxygen atoms in total. The Labute approximate surface area is 105 Å². The highest BCUT2D eigenvalue weighted by molar-refractivity contribution is 5.29. The van der Waals surface area contributed by atoms with Gasteiger partial charge in [0.15, 0.2) is 0 Å². The van der Waals surface area contributed by atoms with E-state index in [1.807, 2.05) is 6.92 Å². The van der Waals surface area contributed by atoms with Gasteiger partial charge in [-0.3, -0.25) is 0 Å². The highest BCUT2D eigenvalue weighted by atomic mass is 19.4. The fourth-order valence-corrected chi connectivity index (χ4v) is 2.23. The molecular weight excluding hydrogens is 241 g/mol. The molecule has 0 spiro atoms. The van der Waals surface area contributed by atoms with E-state index >= 15 is 0 Å². The number of alkyl halides is 3. The lowest BCUT2D eigenvalue weighted by atomic mass is 10.00. The average Bonchev–Trinajstić information content (AvgIpc) is 2.73. The predicted octanol–water partition coefficient (Wildman–Crippen LogP) is 2.55. The van der Waals surface area contributed by atoms with Crippen molar-refractivity contribution in [3.63, 3.8) is 0 Å². The standard InChI is InChI=1S/C13H17F3N2/c1-12(6-7-17-9-12)18-8-10-4-2-3-5-11(10)13(14,15)16/h2-5,17-18H,6-9H2,1H3. The van der Waals surface area contributed by atoms with Gasteiger partial charge in [-0.25, -0.2) is 0 Å². The summed E-state index contributed by atoms with van der Waals surface area (Å²) < 4.78 is 38.4. The van der Waals surface area contributed by atoms with Gasteiger partial charge in [-0.05, 0) is 31.5 Å². The zero-order chi connectivity index (χ0) is 13.2. The van der Waals surface area contributed by atoms with Gasteiger partial charge in [0.05, 0.1) is 5.56 Å². The summed E-state index contributed by atoms with van der Waals surface area (Å²) in [6.07, 6.45) is -3.35. The van der Waals surface area contributed by atoms with Gasteiger partial charge in [-0.15, -0.1) is 0 Å². The van der Waals surface area contributed by atoms with E-state index in [4.69, 9.17) is 0 Å². The highest BCUT2D eigenvalue weighted by Crippen LogP contribution is 2.32. The highest BCUT2D eigenvalue weighted by Gasteiger charge is 2.34. The SMILES string of the molecule is CC1(NCc2ccccc2C(F)(F)F)CCNC1. The molecule has 100 valence electrons. The van der Waals surface area contributed by atoms with Crippen molar-refractivity contribution >= 4 is 0 Å². The zero-order valence-corrected chi connectivity index (χ0v) is 10.3. The normalized spacial score (nSPS) is 24.4. The first-order chi connectivity index (χ1) is 8.41. The van der Waals surface area contributed by atoms with Crippen LogP contribution in [0.3, 0.4) is 0 Å². The Morgan fingerprint density at radius 1 is 1.33 bits per heavy atom. The van der Waals surface area contributed by atoms with Crippen LogP contribution in [0.4, 0.5) is 13.2 Å². The number of hydrogen-bond donors (Lipinski definition) is 2. The molecule has 5 heteroatoms. The van der Waals surface area contributed by atoms with E-state index in [2.05, 4.69) is 10.6 Å². The van der Waals surface area contributed by atoms with Crippen molar-refractivity contribution in [2.75, 3.05) is 13.1 Å². The van der Waals surface area contributed by atoms with Crippen LogP contribution in [-0.4, -0.2) is 18.6 Å². The quantitative estimate of drug-likeness (QED) is 0.870. The number of nitrogens with one attached hydrogen (secondary N) is 2. The van der Waals surface area contributed by atoms with Crippen LogP contribution in [-0.2, 0) is 12.7 Å². The Balaban J connectivity index is 2.10. The molecule has 1 aromatic rings. The molecule has 1 unspecified atom stereocenters. The minimum atomic E-state index is -4.28. The Morgan fingerprint density at radius 3 is 2.67 bits per heavy atom. The van der Waals surface area contributed by atoms with Gasteiger partial charge >= 0.3 is 6.18 Å². The summed E-state index contributed by atoms with van der Waals surface area (Å²) >= 11 is 0. The molecule has 0 aromatic heterocycles. The summed E-state index contributed by atoms with van der Waals surface area (Å²) in [6, 6.07) is 5.72. The molecule has 18 heavy (non-hydrogen) atoms. The number of benzene rings is 1. The van der Waals surface area contributed by atoms with E-state index in [0.29, 0.717) is 5.56 Å². The van der Waals surface area contributed by atoms with Gasteiger partial charge in [-0.1, -0.05) is 18.2 Å². The van der Waals surface area contributed by atoms with Crippen molar-refractivity contribution in [2.24, 2.45) is 0 Å². The summed E-state index contributed by atoms with van der Waals surface area (Å²) in [7, 11) is 0. The molecule has 0 aliphatic carbocycles. The molecule has 0 saturated carbocycles. The fourth-order valence-electron chi connectivity index (χ4n) is 2.23. The number of hydrogen-bond acceptors (Lipinski definition) is 2. The lowest BCUT2D eigenvalue weighted by Crippen LogP contribution is -2.43. The van der Waals surface area contributed by atoms with Crippen LogP contribution in [0.5, 0.6) is 0 Å². The third-order valence-corrected chi connectivity index (χ3v) is 3.40. The van der Waals surface area contributed by atoms with Crippen LogP contribution >= 0.6 is 0 Å². The molecule has 0 bridgehead atoms. The van der Waals surface area contributed by atoms with Crippen molar-refractivity contribution < 1.29 is 13.2 Å². The Hall–Kier alpha value is -1.07. The van der Waals surface area contributed by atoms with Gasteiger partial charge in [0.25, 0.3) is 0 Å². The van der Waals surface area contributed by atoms with Gasteiger partial charge < -0.3 is 10.6 Å².